The first kappa shape index (κ1) is 22.5. The van der Waals surface area contributed by atoms with Crippen molar-refractivity contribution in [3.05, 3.63) is 59.7 Å². The second-order valence-electron chi connectivity index (χ2n) is 8.81. The molecule has 30 heavy (non-hydrogen) atoms. The molecule has 0 atom stereocenters. The van der Waals surface area contributed by atoms with Crippen molar-refractivity contribution in [2.45, 2.75) is 83.0 Å². The van der Waals surface area contributed by atoms with E-state index in [4.69, 9.17) is 5.26 Å². The standard InChI is InChI=1S/C27H33F2N/c1-2-3-4-5-6-7-21-8-10-22(11-9-21)23-12-14-24(15-13-23)25-16-18-26(19-17-25)27(28,29)20-30/h12-19,21-22H,2-11H2,1H3. The van der Waals surface area contributed by atoms with Gasteiger partial charge in [-0.25, -0.2) is 0 Å². The summed E-state index contributed by atoms with van der Waals surface area (Å²) in [7, 11) is 0. The topological polar surface area (TPSA) is 23.8 Å². The van der Waals surface area contributed by atoms with E-state index in [2.05, 4.69) is 31.2 Å². The fraction of sp³-hybridized carbons (Fsp3) is 0.519. The summed E-state index contributed by atoms with van der Waals surface area (Å²) < 4.78 is 26.9. The Morgan fingerprint density at radius 3 is 1.97 bits per heavy atom. The maximum absolute atomic E-state index is 13.5. The van der Waals surface area contributed by atoms with Crippen molar-refractivity contribution < 1.29 is 8.78 Å². The molecule has 1 fully saturated rings. The van der Waals surface area contributed by atoms with Crippen LogP contribution >= 0.6 is 0 Å². The Bertz CT molecular complexity index is 809. The lowest BCUT2D eigenvalue weighted by Crippen LogP contribution is -2.13. The number of nitriles is 1. The molecule has 1 aliphatic carbocycles. The molecule has 0 aromatic heterocycles. The molecule has 2 aromatic rings. The maximum Gasteiger partial charge on any atom is 0.357 e. The predicted octanol–water partition coefficient (Wildman–Crippen LogP) is 8.60. The van der Waals surface area contributed by atoms with E-state index in [-0.39, 0.29) is 5.56 Å². The van der Waals surface area contributed by atoms with Gasteiger partial charge in [-0.2, -0.15) is 14.0 Å². The minimum Gasteiger partial charge on any atom is -0.191 e. The molecule has 1 nitrogen and oxygen atoms in total. The minimum absolute atomic E-state index is 0.257. The lowest BCUT2D eigenvalue weighted by Gasteiger charge is -2.29. The number of benzene rings is 2. The molecule has 0 saturated heterocycles. The molecule has 0 aliphatic heterocycles. The van der Waals surface area contributed by atoms with E-state index in [0.29, 0.717) is 5.92 Å². The Morgan fingerprint density at radius 2 is 1.40 bits per heavy atom. The molecule has 0 heterocycles. The second kappa shape index (κ2) is 10.7. The Labute approximate surface area is 180 Å². The van der Waals surface area contributed by atoms with Gasteiger partial charge < -0.3 is 0 Å². The Hall–Kier alpha value is -2.21. The van der Waals surface area contributed by atoms with Crippen LogP contribution in [0.4, 0.5) is 8.78 Å². The van der Waals surface area contributed by atoms with Gasteiger partial charge in [0.1, 0.15) is 6.07 Å². The molecule has 0 radical (unpaired) electrons. The van der Waals surface area contributed by atoms with Gasteiger partial charge in [-0.1, -0.05) is 94.0 Å². The van der Waals surface area contributed by atoms with Crippen LogP contribution in [0.3, 0.4) is 0 Å². The van der Waals surface area contributed by atoms with Crippen LogP contribution in [0.25, 0.3) is 11.1 Å². The largest absolute Gasteiger partial charge is 0.357 e. The fourth-order valence-corrected chi connectivity index (χ4v) is 4.71. The van der Waals surface area contributed by atoms with Crippen LogP contribution in [-0.2, 0) is 5.92 Å². The third-order valence-corrected chi connectivity index (χ3v) is 6.67. The van der Waals surface area contributed by atoms with Crippen molar-refractivity contribution in [1.82, 2.24) is 0 Å². The number of unbranched alkanes of at least 4 members (excludes halogenated alkanes) is 4. The summed E-state index contributed by atoms with van der Waals surface area (Å²) >= 11 is 0. The summed E-state index contributed by atoms with van der Waals surface area (Å²) in [5, 5.41) is 8.58. The molecule has 1 aliphatic rings. The van der Waals surface area contributed by atoms with Crippen molar-refractivity contribution in [2.75, 3.05) is 0 Å². The zero-order valence-corrected chi connectivity index (χ0v) is 18.0. The number of hydrogen-bond donors (Lipinski definition) is 0. The van der Waals surface area contributed by atoms with Crippen LogP contribution in [0.15, 0.2) is 48.5 Å². The third-order valence-electron chi connectivity index (χ3n) is 6.67. The van der Waals surface area contributed by atoms with E-state index in [9.17, 15) is 8.78 Å². The van der Waals surface area contributed by atoms with Gasteiger partial charge >= 0.3 is 5.92 Å². The predicted molar refractivity (Wildman–Crippen MR) is 119 cm³/mol. The van der Waals surface area contributed by atoms with Gasteiger partial charge in [0.15, 0.2) is 0 Å². The van der Waals surface area contributed by atoms with E-state index in [1.807, 2.05) is 0 Å². The molecule has 0 spiro atoms. The quantitative estimate of drug-likeness (QED) is 0.380. The molecule has 0 N–H and O–H groups in total. The number of rotatable bonds is 9. The average Bonchev–Trinajstić information content (AvgIpc) is 2.79. The molecular formula is C27H33F2N. The van der Waals surface area contributed by atoms with Gasteiger partial charge in [-0.15, -0.1) is 0 Å². The average molecular weight is 410 g/mol. The second-order valence-corrected chi connectivity index (χ2v) is 8.81. The summed E-state index contributed by atoms with van der Waals surface area (Å²) in [4.78, 5) is 0. The maximum atomic E-state index is 13.5. The normalized spacial score (nSPS) is 19.4. The van der Waals surface area contributed by atoms with Gasteiger partial charge in [0, 0.05) is 5.56 Å². The van der Waals surface area contributed by atoms with Crippen LogP contribution < -0.4 is 0 Å². The highest BCUT2D eigenvalue weighted by molar-refractivity contribution is 5.64. The van der Waals surface area contributed by atoms with Gasteiger partial charge in [0.2, 0.25) is 0 Å². The molecule has 3 rings (SSSR count). The Morgan fingerprint density at radius 1 is 0.833 bits per heavy atom. The number of nitrogens with zero attached hydrogens (tertiary/aromatic N) is 1. The van der Waals surface area contributed by atoms with Crippen molar-refractivity contribution in [3.63, 3.8) is 0 Å². The smallest absolute Gasteiger partial charge is 0.191 e. The lowest BCUT2D eigenvalue weighted by molar-refractivity contribution is 0.0613. The van der Waals surface area contributed by atoms with E-state index >= 15 is 0 Å². The van der Waals surface area contributed by atoms with Crippen LogP contribution in [-0.4, -0.2) is 0 Å². The first-order valence-electron chi connectivity index (χ1n) is 11.5. The number of halogens is 2. The first-order chi connectivity index (χ1) is 14.5. The molecule has 0 bridgehead atoms. The third kappa shape index (κ3) is 5.91. The summed E-state index contributed by atoms with van der Waals surface area (Å²) in [6.07, 6.45) is 13.5. The first-order valence-corrected chi connectivity index (χ1v) is 11.5. The summed E-state index contributed by atoms with van der Waals surface area (Å²) in [5.74, 6) is -1.88. The highest BCUT2D eigenvalue weighted by Crippen LogP contribution is 2.38. The molecule has 0 unspecified atom stereocenters. The van der Waals surface area contributed by atoms with Crippen LogP contribution in [0.5, 0.6) is 0 Å². The highest BCUT2D eigenvalue weighted by atomic mass is 19.3. The van der Waals surface area contributed by atoms with E-state index in [1.165, 1.54) is 81.9 Å². The monoisotopic (exact) mass is 409 g/mol. The van der Waals surface area contributed by atoms with Gasteiger partial charge in [-0.05, 0) is 54.2 Å². The molecule has 2 aromatic carbocycles. The highest BCUT2D eigenvalue weighted by Gasteiger charge is 2.30. The van der Waals surface area contributed by atoms with Crippen molar-refractivity contribution >= 4 is 0 Å². The van der Waals surface area contributed by atoms with Crippen molar-refractivity contribution in [2.24, 2.45) is 5.92 Å². The number of alkyl halides is 2. The van der Waals surface area contributed by atoms with Gasteiger partial charge in [-0.3, -0.25) is 0 Å². The summed E-state index contributed by atoms with van der Waals surface area (Å²) in [6.45, 7) is 2.27. The fourth-order valence-electron chi connectivity index (χ4n) is 4.71. The molecule has 1 saturated carbocycles. The van der Waals surface area contributed by atoms with Gasteiger partial charge in [0.05, 0.1) is 0 Å². The van der Waals surface area contributed by atoms with Crippen LogP contribution in [0.2, 0.25) is 0 Å². The van der Waals surface area contributed by atoms with Crippen LogP contribution in [0, 0.1) is 17.2 Å². The van der Waals surface area contributed by atoms with Crippen molar-refractivity contribution in [3.8, 4) is 17.2 Å². The molecule has 3 heteroatoms. The zero-order chi connectivity index (χ0) is 21.4. The Balaban J connectivity index is 1.51. The van der Waals surface area contributed by atoms with E-state index in [0.717, 1.165) is 23.1 Å². The molecule has 160 valence electrons. The molecule has 0 amide bonds. The van der Waals surface area contributed by atoms with Gasteiger partial charge in [0.25, 0.3) is 0 Å². The zero-order valence-electron chi connectivity index (χ0n) is 18.0. The van der Waals surface area contributed by atoms with Crippen LogP contribution in [0.1, 0.15) is 88.2 Å². The van der Waals surface area contributed by atoms with E-state index < -0.39 is 5.92 Å². The molecular weight excluding hydrogens is 376 g/mol. The van der Waals surface area contributed by atoms with E-state index in [1.54, 1.807) is 12.1 Å². The Kier molecular flexibility index (Phi) is 8.02. The summed E-state index contributed by atoms with van der Waals surface area (Å²) in [6, 6.07) is 15.6. The lowest BCUT2D eigenvalue weighted by atomic mass is 9.77. The SMILES string of the molecule is CCCCCCCC1CCC(c2ccc(-c3ccc(C(F)(F)C#N)cc3)cc2)CC1. The summed E-state index contributed by atoms with van der Waals surface area (Å²) in [5.41, 5.74) is 3.05. The minimum atomic E-state index is -3.43. The van der Waals surface area contributed by atoms with Crippen molar-refractivity contribution in [1.29, 1.82) is 5.26 Å². The number of hydrogen-bond acceptors (Lipinski definition) is 1.